The highest BCUT2D eigenvalue weighted by atomic mass is 15.0. The third-order valence-electron chi connectivity index (χ3n) is 5.52. The van der Waals surface area contributed by atoms with Gasteiger partial charge in [0.25, 0.3) is 0 Å². The number of nitrogens with zero attached hydrogens (tertiary/aromatic N) is 2. The van der Waals surface area contributed by atoms with Crippen molar-refractivity contribution >= 4 is 46.6 Å². The molecule has 0 saturated carbocycles. The lowest BCUT2D eigenvalue weighted by Gasteiger charge is -2.15. The van der Waals surface area contributed by atoms with Crippen molar-refractivity contribution in [1.82, 2.24) is 0 Å². The molecule has 0 unspecified atom stereocenters. The summed E-state index contributed by atoms with van der Waals surface area (Å²) in [6.45, 7) is 0. The van der Waals surface area contributed by atoms with Crippen molar-refractivity contribution < 1.29 is 0 Å². The van der Waals surface area contributed by atoms with Crippen molar-refractivity contribution in [1.29, 1.82) is 0 Å². The van der Waals surface area contributed by atoms with Gasteiger partial charge in [0.05, 0.1) is 22.7 Å². The molecule has 2 N–H and O–H groups in total. The van der Waals surface area contributed by atoms with Crippen molar-refractivity contribution in [3.05, 3.63) is 145 Å². The molecule has 0 aliphatic carbocycles. The number of rotatable bonds is 8. The van der Waals surface area contributed by atoms with Gasteiger partial charge in [-0.1, -0.05) is 97.1 Å². The van der Waals surface area contributed by atoms with E-state index in [1.54, 1.807) is 0 Å². The molecule has 0 saturated heterocycles. The van der Waals surface area contributed by atoms with Crippen molar-refractivity contribution in [2.45, 2.75) is 0 Å². The van der Waals surface area contributed by atoms with Crippen molar-refractivity contribution in [3.63, 3.8) is 0 Å². The summed E-state index contributed by atoms with van der Waals surface area (Å²) in [7, 11) is 0. The Morgan fingerprint density at radius 3 is 1.17 bits per heavy atom. The minimum absolute atomic E-state index is 0.793. The molecule has 36 heavy (non-hydrogen) atoms. The summed E-state index contributed by atoms with van der Waals surface area (Å²) in [5, 5.41) is 7.06. The molecule has 4 heteroatoms. The summed E-state index contributed by atoms with van der Waals surface area (Å²) in [4.78, 5) is 9.69. The third-order valence-corrected chi connectivity index (χ3v) is 5.52. The van der Waals surface area contributed by atoms with E-state index < -0.39 is 0 Å². The number of hydrogen-bond acceptors (Lipinski definition) is 4. The molecule has 0 radical (unpaired) electrons. The molecule has 5 aromatic carbocycles. The molecule has 0 heterocycles. The molecule has 0 amide bonds. The van der Waals surface area contributed by atoms with Crippen LogP contribution in [0.15, 0.2) is 143 Å². The van der Waals surface area contributed by atoms with E-state index in [9.17, 15) is 0 Å². The van der Waals surface area contributed by atoms with Gasteiger partial charge in [0.15, 0.2) is 0 Å². The SMILES string of the molecule is C(=N\c1cc(/N=C/c2ccccc2)c(Nc2ccccc2)cc1Nc1ccccc1)/c1ccccc1. The molecular weight excluding hydrogens is 440 g/mol. The highest BCUT2D eigenvalue weighted by Crippen LogP contribution is 2.39. The van der Waals surface area contributed by atoms with Gasteiger partial charge in [-0.2, -0.15) is 0 Å². The maximum Gasteiger partial charge on any atom is 0.0887 e. The Bertz CT molecular complexity index is 1340. The second-order valence-corrected chi connectivity index (χ2v) is 8.21. The van der Waals surface area contributed by atoms with Gasteiger partial charge in [-0.15, -0.1) is 0 Å². The number of anilines is 4. The zero-order valence-electron chi connectivity index (χ0n) is 19.8. The molecule has 0 fully saturated rings. The Morgan fingerprint density at radius 2 is 0.778 bits per heavy atom. The molecule has 0 atom stereocenters. The number of benzene rings is 5. The molecule has 0 aromatic heterocycles. The topological polar surface area (TPSA) is 48.8 Å². The van der Waals surface area contributed by atoms with E-state index in [0.717, 1.165) is 45.3 Å². The van der Waals surface area contributed by atoms with E-state index in [-0.39, 0.29) is 0 Å². The smallest absolute Gasteiger partial charge is 0.0887 e. The van der Waals surface area contributed by atoms with Crippen molar-refractivity contribution in [2.24, 2.45) is 9.98 Å². The largest absolute Gasteiger partial charge is 0.354 e. The van der Waals surface area contributed by atoms with Gasteiger partial charge < -0.3 is 10.6 Å². The lowest BCUT2D eigenvalue weighted by molar-refractivity contribution is 1.43. The normalized spacial score (nSPS) is 11.1. The molecule has 0 aliphatic heterocycles. The van der Waals surface area contributed by atoms with Crippen LogP contribution in [0.5, 0.6) is 0 Å². The van der Waals surface area contributed by atoms with Gasteiger partial charge >= 0.3 is 0 Å². The van der Waals surface area contributed by atoms with Crippen LogP contribution in [0.3, 0.4) is 0 Å². The van der Waals surface area contributed by atoms with E-state index >= 15 is 0 Å². The Labute approximate surface area is 211 Å². The van der Waals surface area contributed by atoms with Crippen LogP contribution in [0.25, 0.3) is 0 Å². The van der Waals surface area contributed by atoms with E-state index in [2.05, 4.69) is 16.7 Å². The predicted molar refractivity (Wildman–Crippen MR) is 153 cm³/mol. The van der Waals surface area contributed by atoms with Crippen molar-refractivity contribution in [2.75, 3.05) is 10.6 Å². The number of aliphatic imine (C=N–C) groups is 2. The Balaban J connectivity index is 1.59. The number of hydrogen-bond donors (Lipinski definition) is 2. The maximum atomic E-state index is 4.85. The maximum absolute atomic E-state index is 4.85. The van der Waals surface area contributed by atoms with E-state index in [4.69, 9.17) is 9.98 Å². The summed E-state index contributed by atoms with van der Waals surface area (Å²) in [5.41, 5.74) is 7.38. The van der Waals surface area contributed by atoms with Crippen LogP contribution < -0.4 is 10.6 Å². The van der Waals surface area contributed by atoms with Crippen LogP contribution in [-0.4, -0.2) is 12.4 Å². The second kappa shape index (κ2) is 11.4. The zero-order valence-corrected chi connectivity index (χ0v) is 19.8. The van der Waals surface area contributed by atoms with Crippen LogP contribution in [-0.2, 0) is 0 Å². The molecule has 5 rings (SSSR count). The molecule has 5 aromatic rings. The summed E-state index contributed by atoms with van der Waals surface area (Å²) in [6, 6.07) is 44.4. The predicted octanol–water partition coefficient (Wildman–Crippen LogP) is 8.68. The zero-order chi connectivity index (χ0) is 24.4. The molecule has 0 bridgehead atoms. The first-order chi connectivity index (χ1) is 17.8. The summed E-state index contributed by atoms with van der Waals surface area (Å²) in [6.07, 6.45) is 3.75. The van der Waals surface area contributed by atoms with Crippen LogP contribution in [0.4, 0.5) is 34.1 Å². The fraction of sp³-hybridized carbons (Fsp3) is 0. The van der Waals surface area contributed by atoms with E-state index in [1.165, 1.54) is 0 Å². The lowest BCUT2D eigenvalue weighted by atomic mass is 10.1. The van der Waals surface area contributed by atoms with Crippen molar-refractivity contribution in [3.8, 4) is 0 Å². The monoisotopic (exact) mass is 466 g/mol. The molecule has 0 aliphatic rings. The molecule has 4 nitrogen and oxygen atoms in total. The van der Waals surface area contributed by atoms with Gasteiger partial charge in [-0.3, -0.25) is 9.98 Å². The summed E-state index contributed by atoms with van der Waals surface area (Å²) >= 11 is 0. The Morgan fingerprint density at radius 1 is 0.417 bits per heavy atom. The average molecular weight is 467 g/mol. The summed E-state index contributed by atoms with van der Waals surface area (Å²) < 4.78 is 0. The van der Waals surface area contributed by atoms with Gasteiger partial charge in [0.1, 0.15) is 0 Å². The minimum atomic E-state index is 0.793. The van der Waals surface area contributed by atoms with Gasteiger partial charge in [0, 0.05) is 23.8 Å². The van der Waals surface area contributed by atoms with E-state index in [0.29, 0.717) is 0 Å². The number of para-hydroxylation sites is 2. The van der Waals surface area contributed by atoms with Crippen LogP contribution in [0, 0.1) is 0 Å². The number of nitrogens with one attached hydrogen (secondary N) is 2. The standard InChI is InChI=1S/C32H26N4/c1-5-13-25(14-6-1)23-33-29-21-30(34-24-26-15-7-2-8-16-26)32(36-28-19-11-4-12-20-28)22-31(29)35-27-17-9-3-10-18-27/h1-24,35-36H/b33-23+,34-24+. The lowest BCUT2D eigenvalue weighted by Crippen LogP contribution is -1.96. The highest BCUT2D eigenvalue weighted by molar-refractivity contribution is 5.92. The van der Waals surface area contributed by atoms with Crippen LogP contribution in [0.2, 0.25) is 0 Å². The van der Waals surface area contributed by atoms with Gasteiger partial charge in [-0.05, 0) is 47.5 Å². The fourth-order valence-electron chi connectivity index (χ4n) is 3.71. The van der Waals surface area contributed by atoms with Crippen LogP contribution >= 0.6 is 0 Å². The fourth-order valence-corrected chi connectivity index (χ4v) is 3.71. The quantitative estimate of drug-likeness (QED) is 0.225. The first-order valence-electron chi connectivity index (χ1n) is 11.8. The second-order valence-electron chi connectivity index (χ2n) is 8.21. The molecule has 0 spiro atoms. The first-order valence-corrected chi connectivity index (χ1v) is 11.8. The molecular formula is C32H26N4. The van der Waals surface area contributed by atoms with Crippen LogP contribution in [0.1, 0.15) is 11.1 Å². The first kappa shape index (κ1) is 22.8. The third kappa shape index (κ3) is 6.13. The van der Waals surface area contributed by atoms with E-state index in [1.807, 2.05) is 140 Å². The summed E-state index contributed by atoms with van der Waals surface area (Å²) in [5.74, 6) is 0. The van der Waals surface area contributed by atoms with Gasteiger partial charge in [0.2, 0.25) is 0 Å². The Hall–Kier alpha value is -4.96. The average Bonchev–Trinajstić information content (AvgIpc) is 2.94. The van der Waals surface area contributed by atoms with Gasteiger partial charge in [-0.25, -0.2) is 0 Å². The minimum Gasteiger partial charge on any atom is -0.354 e. The highest BCUT2D eigenvalue weighted by Gasteiger charge is 2.11. The molecule has 174 valence electrons. The Kier molecular flexibility index (Phi) is 7.26.